The van der Waals surface area contributed by atoms with Crippen LogP contribution < -0.4 is 10.2 Å². The molecule has 3 aromatic carbocycles. The molecule has 3 aromatic rings. The fourth-order valence-electron chi connectivity index (χ4n) is 7.08. The number of nitrogens with zero attached hydrogens (tertiary/aromatic N) is 1. The van der Waals surface area contributed by atoms with Crippen LogP contribution in [0.15, 0.2) is 54.6 Å². The van der Waals surface area contributed by atoms with Crippen LogP contribution in [0.25, 0.3) is 0 Å². The number of rotatable bonds is 3. The maximum atomic E-state index is 7.47. The summed E-state index contributed by atoms with van der Waals surface area (Å²) in [6, 6.07) is 20.7. The second kappa shape index (κ2) is 9.80. The van der Waals surface area contributed by atoms with Crippen molar-refractivity contribution in [1.29, 1.82) is 0 Å². The van der Waals surface area contributed by atoms with Gasteiger partial charge >= 0.3 is 0 Å². The first-order valence-corrected chi connectivity index (χ1v) is 15.9. The topological polar surface area (TPSA) is 15.3 Å². The van der Waals surface area contributed by atoms with Gasteiger partial charge in [0.1, 0.15) is 0 Å². The summed E-state index contributed by atoms with van der Waals surface area (Å²) >= 11 is 7.47. The van der Waals surface area contributed by atoms with Crippen LogP contribution in [0.5, 0.6) is 0 Å². The molecule has 0 aromatic heterocycles. The predicted molar refractivity (Wildman–Crippen MR) is 180 cm³/mol. The maximum Gasteiger partial charge on any atom is 0.0878 e. The maximum absolute atomic E-state index is 7.47. The van der Waals surface area contributed by atoms with Gasteiger partial charge in [0.25, 0.3) is 0 Å². The van der Waals surface area contributed by atoms with Gasteiger partial charge in [0, 0.05) is 16.8 Å². The second-order valence-corrected chi connectivity index (χ2v) is 16.6. The molecule has 41 heavy (non-hydrogen) atoms. The Kier molecular flexibility index (Phi) is 7.18. The highest BCUT2D eigenvalue weighted by Crippen LogP contribution is 2.62. The molecular weight excluding hydrogens is 520 g/mol. The van der Waals surface area contributed by atoms with Crippen molar-refractivity contribution in [3.8, 4) is 0 Å². The van der Waals surface area contributed by atoms with Crippen LogP contribution in [-0.4, -0.2) is 5.54 Å². The number of benzene rings is 3. The third kappa shape index (κ3) is 5.09. The van der Waals surface area contributed by atoms with Crippen molar-refractivity contribution in [3.63, 3.8) is 0 Å². The molecule has 1 saturated carbocycles. The molecule has 2 unspecified atom stereocenters. The number of anilines is 4. The Balaban J connectivity index is 1.69. The molecule has 1 heterocycles. The van der Waals surface area contributed by atoms with E-state index in [2.05, 4.69) is 141 Å². The Morgan fingerprint density at radius 3 is 1.80 bits per heavy atom. The Hall–Kier alpha value is -2.45. The van der Waals surface area contributed by atoms with Gasteiger partial charge in [-0.05, 0) is 88.6 Å². The number of halogens is 1. The molecule has 1 aliphatic heterocycles. The average molecular weight is 571 g/mol. The highest BCUT2D eigenvalue weighted by molar-refractivity contribution is 6.36. The van der Waals surface area contributed by atoms with E-state index in [4.69, 9.17) is 11.6 Å². The summed E-state index contributed by atoms with van der Waals surface area (Å²) in [6.45, 7) is 25.6. The van der Waals surface area contributed by atoms with E-state index in [1.54, 1.807) is 0 Å². The fourth-order valence-corrected chi connectivity index (χ4v) is 7.32. The van der Waals surface area contributed by atoms with Crippen LogP contribution in [0.1, 0.15) is 124 Å². The van der Waals surface area contributed by atoms with Crippen LogP contribution in [0.2, 0.25) is 5.02 Å². The fraction of sp³-hybridized carbons (Fsp3) is 0.526. The highest BCUT2D eigenvalue weighted by atomic mass is 35.5. The summed E-state index contributed by atoms with van der Waals surface area (Å²) in [7, 11) is 0. The first kappa shape index (κ1) is 30.0. The molecule has 2 aliphatic rings. The average Bonchev–Trinajstić information content (AvgIpc) is 3.07. The molecule has 0 spiro atoms. The Morgan fingerprint density at radius 1 is 0.659 bits per heavy atom. The molecule has 0 bridgehead atoms. The zero-order valence-corrected chi connectivity index (χ0v) is 28.1. The van der Waals surface area contributed by atoms with E-state index in [9.17, 15) is 0 Å². The van der Waals surface area contributed by atoms with Crippen molar-refractivity contribution in [3.05, 3.63) is 81.9 Å². The van der Waals surface area contributed by atoms with E-state index in [0.717, 1.165) is 28.5 Å². The normalized spacial score (nSPS) is 22.9. The third-order valence-corrected chi connectivity index (χ3v) is 10.6. The Morgan fingerprint density at radius 2 is 1.22 bits per heavy atom. The first-order valence-electron chi connectivity index (χ1n) is 15.5. The van der Waals surface area contributed by atoms with E-state index in [1.807, 2.05) is 0 Å². The summed E-state index contributed by atoms with van der Waals surface area (Å²) in [5.41, 5.74) is 10.2. The van der Waals surface area contributed by atoms with Crippen LogP contribution in [-0.2, 0) is 21.7 Å². The van der Waals surface area contributed by atoms with Gasteiger partial charge < -0.3 is 10.2 Å². The zero-order chi connectivity index (χ0) is 30.2. The van der Waals surface area contributed by atoms with Crippen molar-refractivity contribution < 1.29 is 0 Å². The van der Waals surface area contributed by atoms with E-state index < -0.39 is 0 Å². The van der Waals surface area contributed by atoms with E-state index >= 15 is 0 Å². The summed E-state index contributed by atoms with van der Waals surface area (Å²) in [4.78, 5) is 2.62. The third-order valence-electron chi connectivity index (χ3n) is 10.2. The minimum absolute atomic E-state index is 0.0265. The summed E-state index contributed by atoms with van der Waals surface area (Å²) in [5, 5.41) is 4.51. The molecule has 0 saturated heterocycles. The van der Waals surface area contributed by atoms with Gasteiger partial charge in [0.15, 0.2) is 0 Å². The highest BCUT2D eigenvalue weighted by Gasteiger charge is 2.58. The van der Waals surface area contributed by atoms with Gasteiger partial charge in [-0.1, -0.05) is 118 Å². The summed E-state index contributed by atoms with van der Waals surface area (Å²) in [5.74, 6) is 0. The summed E-state index contributed by atoms with van der Waals surface area (Å²) in [6.07, 6.45) is 4.86. The lowest BCUT2D eigenvalue weighted by Crippen LogP contribution is -2.54. The largest absolute Gasteiger partial charge is 0.354 e. The van der Waals surface area contributed by atoms with Crippen molar-refractivity contribution in [2.45, 2.75) is 129 Å². The zero-order valence-electron chi connectivity index (χ0n) is 27.3. The van der Waals surface area contributed by atoms with E-state index in [1.165, 1.54) is 47.2 Å². The Labute approximate surface area is 254 Å². The predicted octanol–water partition coefficient (Wildman–Crippen LogP) is 11.7. The van der Waals surface area contributed by atoms with Crippen LogP contribution in [0, 0.1) is 0 Å². The van der Waals surface area contributed by atoms with Gasteiger partial charge in [0.05, 0.1) is 21.9 Å². The van der Waals surface area contributed by atoms with Gasteiger partial charge in [-0.25, -0.2) is 0 Å². The van der Waals surface area contributed by atoms with E-state index in [0.29, 0.717) is 0 Å². The molecule has 220 valence electrons. The van der Waals surface area contributed by atoms with Crippen LogP contribution in [0.4, 0.5) is 22.7 Å². The van der Waals surface area contributed by atoms with Crippen molar-refractivity contribution in [2.24, 2.45) is 0 Å². The van der Waals surface area contributed by atoms with Gasteiger partial charge in [-0.15, -0.1) is 0 Å². The standard InChI is InChI=1S/C38H51ClN2/c1-34(2,3)25-14-17-28(18-15-25)40-30-23-27(36(7,8)9)24-32(33(30)39)41-31-19-16-26(35(4,5)6)22-29(31)37(10)20-12-13-21-38(37,41)11/h14-19,22-24,40H,12-13,20-21H2,1-11H3. The lowest BCUT2D eigenvalue weighted by atomic mass is 9.61. The molecule has 1 N–H and O–H groups in total. The van der Waals surface area contributed by atoms with Crippen molar-refractivity contribution in [1.82, 2.24) is 0 Å². The molecular formula is C38H51ClN2. The molecule has 1 aliphatic carbocycles. The molecule has 3 heteroatoms. The number of fused-ring (bicyclic) bond motifs is 3. The molecule has 0 amide bonds. The van der Waals surface area contributed by atoms with E-state index in [-0.39, 0.29) is 27.2 Å². The second-order valence-electron chi connectivity index (χ2n) is 16.2. The Bertz CT molecular complexity index is 1450. The molecule has 0 radical (unpaired) electrons. The number of hydrogen-bond acceptors (Lipinski definition) is 2. The van der Waals surface area contributed by atoms with Gasteiger partial charge in [0.2, 0.25) is 0 Å². The van der Waals surface area contributed by atoms with Gasteiger partial charge in [-0.2, -0.15) is 0 Å². The molecule has 2 nitrogen and oxygen atoms in total. The monoisotopic (exact) mass is 570 g/mol. The lowest BCUT2D eigenvalue weighted by molar-refractivity contribution is 0.194. The van der Waals surface area contributed by atoms with Crippen molar-refractivity contribution >= 4 is 34.4 Å². The SMILES string of the molecule is CC(C)(C)c1ccc(Nc2cc(C(C)(C)C)cc(N3c4ccc(C(C)(C)C)cc4C4(C)CCCCC34C)c2Cl)cc1. The minimum atomic E-state index is -0.0597. The minimum Gasteiger partial charge on any atom is -0.354 e. The number of nitrogens with one attached hydrogen (secondary N) is 1. The number of hydrogen-bond donors (Lipinski definition) is 1. The summed E-state index contributed by atoms with van der Waals surface area (Å²) < 4.78 is 0. The quantitative estimate of drug-likeness (QED) is 0.337. The van der Waals surface area contributed by atoms with Crippen LogP contribution >= 0.6 is 11.6 Å². The smallest absolute Gasteiger partial charge is 0.0878 e. The van der Waals surface area contributed by atoms with Crippen molar-refractivity contribution in [2.75, 3.05) is 10.2 Å². The van der Waals surface area contributed by atoms with Gasteiger partial charge in [-0.3, -0.25) is 0 Å². The lowest BCUT2D eigenvalue weighted by Gasteiger charge is -2.50. The molecule has 5 rings (SSSR count). The first-order chi connectivity index (χ1) is 18.9. The molecule has 1 fully saturated rings. The molecule has 2 atom stereocenters. The van der Waals surface area contributed by atoms with Crippen LogP contribution in [0.3, 0.4) is 0 Å².